The van der Waals surface area contributed by atoms with Gasteiger partial charge in [-0.25, -0.2) is 4.79 Å². The molecule has 9 heteroatoms. The van der Waals surface area contributed by atoms with Crippen LogP contribution in [0, 0.1) is 0 Å². The van der Waals surface area contributed by atoms with E-state index in [4.69, 9.17) is 14.2 Å². The monoisotopic (exact) mass is 694 g/mol. The number of allylic oxidation sites excluding steroid dienone is 2. The molecule has 9 nitrogen and oxygen atoms in total. The van der Waals surface area contributed by atoms with Crippen molar-refractivity contribution in [2.45, 2.75) is 174 Å². The Hall–Kier alpha value is -2.39. The van der Waals surface area contributed by atoms with Crippen LogP contribution in [0.25, 0.3) is 0 Å². The first kappa shape index (κ1) is 46.6. The van der Waals surface area contributed by atoms with Gasteiger partial charge < -0.3 is 19.5 Å². The molecule has 0 aromatic rings. The number of alkyl carbamates (subject to hydrolysis) is 1. The number of hydrogen-bond acceptors (Lipinski definition) is 8. The van der Waals surface area contributed by atoms with Crippen molar-refractivity contribution in [1.29, 1.82) is 0 Å². The second-order valence-corrected chi connectivity index (χ2v) is 13.5. The second kappa shape index (κ2) is 36.9. The smallest absolute Gasteiger partial charge is 0.408 e. The largest absolute Gasteiger partial charge is 0.461 e. The van der Waals surface area contributed by atoms with Crippen LogP contribution in [0.3, 0.4) is 0 Å². The summed E-state index contributed by atoms with van der Waals surface area (Å²) in [6.07, 6.45) is 32.6. The van der Waals surface area contributed by atoms with Crippen molar-refractivity contribution in [3.05, 3.63) is 24.3 Å². The van der Waals surface area contributed by atoms with Gasteiger partial charge in [-0.05, 0) is 65.5 Å². The van der Waals surface area contributed by atoms with Crippen LogP contribution in [0.4, 0.5) is 4.79 Å². The number of unbranched alkanes of at least 4 members (excludes halogenated alkanes) is 16. The van der Waals surface area contributed by atoms with Crippen LogP contribution in [-0.4, -0.2) is 69.7 Å². The van der Waals surface area contributed by atoms with Crippen LogP contribution in [0.15, 0.2) is 24.3 Å². The fourth-order valence-corrected chi connectivity index (χ4v) is 5.44. The molecule has 0 rings (SSSR count). The van der Waals surface area contributed by atoms with Gasteiger partial charge in [0.2, 0.25) is 0 Å². The molecule has 0 saturated carbocycles. The third-order valence-electron chi connectivity index (χ3n) is 8.39. The third kappa shape index (κ3) is 36.7. The fraction of sp³-hybridized carbons (Fsp3) is 0.825. The van der Waals surface area contributed by atoms with Gasteiger partial charge in [0, 0.05) is 18.9 Å². The Labute approximate surface area is 300 Å². The zero-order valence-corrected chi connectivity index (χ0v) is 32.1. The van der Waals surface area contributed by atoms with E-state index in [9.17, 15) is 14.4 Å². The Bertz CT molecular complexity index is 781. The van der Waals surface area contributed by atoms with Crippen LogP contribution in [0.5, 0.6) is 0 Å². The zero-order valence-electron chi connectivity index (χ0n) is 32.1. The van der Waals surface area contributed by atoms with Crippen LogP contribution < -0.4 is 10.6 Å². The minimum absolute atomic E-state index is 0.0747. The number of hydrogen-bond donors (Lipinski definition) is 2. The summed E-state index contributed by atoms with van der Waals surface area (Å²) in [6.45, 7) is 5.99. The molecule has 0 saturated heterocycles. The number of ether oxygens (including phenoxy) is 3. The SMILES string of the molecule is CCCCCC/C=C\COC(=O)CCCCCCCC(CCCCCCCC(=O)OC/C=C\CCCCCC)NC(=O)OCNCN(C)C. The Morgan fingerprint density at radius 1 is 0.571 bits per heavy atom. The summed E-state index contributed by atoms with van der Waals surface area (Å²) in [5.41, 5.74) is 0. The number of esters is 2. The normalized spacial score (nSPS) is 11.6. The van der Waals surface area contributed by atoms with Gasteiger partial charge in [-0.3, -0.25) is 19.8 Å². The average molecular weight is 694 g/mol. The highest BCUT2D eigenvalue weighted by Gasteiger charge is 2.13. The predicted octanol–water partition coefficient (Wildman–Crippen LogP) is 9.75. The van der Waals surface area contributed by atoms with E-state index in [2.05, 4.69) is 36.6 Å². The lowest BCUT2D eigenvalue weighted by Gasteiger charge is -2.19. The minimum Gasteiger partial charge on any atom is -0.461 e. The van der Waals surface area contributed by atoms with E-state index in [1.165, 1.54) is 51.4 Å². The average Bonchev–Trinajstić information content (AvgIpc) is 3.07. The molecule has 0 heterocycles. The van der Waals surface area contributed by atoms with Gasteiger partial charge in [0.1, 0.15) is 19.9 Å². The molecule has 0 aromatic carbocycles. The van der Waals surface area contributed by atoms with Gasteiger partial charge in [-0.15, -0.1) is 0 Å². The number of amides is 1. The lowest BCUT2D eigenvalue weighted by Crippen LogP contribution is -2.38. The molecule has 1 amide bonds. The number of nitrogens with zero attached hydrogens (tertiary/aromatic N) is 1. The van der Waals surface area contributed by atoms with E-state index >= 15 is 0 Å². The van der Waals surface area contributed by atoms with Crippen molar-refractivity contribution in [3.8, 4) is 0 Å². The van der Waals surface area contributed by atoms with Crippen molar-refractivity contribution in [3.63, 3.8) is 0 Å². The molecule has 0 fully saturated rings. The molecule has 49 heavy (non-hydrogen) atoms. The Morgan fingerprint density at radius 2 is 1.02 bits per heavy atom. The summed E-state index contributed by atoms with van der Waals surface area (Å²) < 4.78 is 16.0. The molecule has 0 spiro atoms. The van der Waals surface area contributed by atoms with Crippen molar-refractivity contribution in [2.24, 2.45) is 0 Å². The maximum absolute atomic E-state index is 12.4. The van der Waals surface area contributed by atoms with Crippen molar-refractivity contribution >= 4 is 18.0 Å². The summed E-state index contributed by atoms with van der Waals surface area (Å²) >= 11 is 0. The minimum atomic E-state index is -0.383. The molecule has 0 bridgehead atoms. The summed E-state index contributed by atoms with van der Waals surface area (Å²) in [7, 11) is 3.90. The molecular formula is C40H75N3O6. The predicted molar refractivity (Wildman–Crippen MR) is 202 cm³/mol. The van der Waals surface area contributed by atoms with Crippen LogP contribution in [0.1, 0.15) is 168 Å². The van der Waals surface area contributed by atoms with Gasteiger partial charge in [0.15, 0.2) is 0 Å². The summed E-state index contributed by atoms with van der Waals surface area (Å²) in [6, 6.07) is 0.0747. The number of carbonyl (C=O) groups is 3. The van der Waals surface area contributed by atoms with Crippen LogP contribution in [-0.2, 0) is 23.8 Å². The highest BCUT2D eigenvalue weighted by atomic mass is 16.6. The van der Waals surface area contributed by atoms with E-state index in [-0.39, 0.29) is 30.8 Å². The first-order chi connectivity index (χ1) is 23.9. The molecular weight excluding hydrogens is 618 g/mol. The maximum Gasteiger partial charge on any atom is 0.408 e. The zero-order chi connectivity index (χ0) is 36.0. The number of carbonyl (C=O) groups excluding carboxylic acids is 3. The van der Waals surface area contributed by atoms with E-state index in [1.807, 2.05) is 31.1 Å². The van der Waals surface area contributed by atoms with Crippen molar-refractivity contribution in [2.75, 3.05) is 40.7 Å². The highest BCUT2D eigenvalue weighted by Crippen LogP contribution is 2.15. The quantitative estimate of drug-likeness (QED) is 0.0222. The van der Waals surface area contributed by atoms with Crippen molar-refractivity contribution < 1.29 is 28.6 Å². The highest BCUT2D eigenvalue weighted by molar-refractivity contribution is 5.69. The summed E-state index contributed by atoms with van der Waals surface area (Å²) in [4.78, 5) is 38.4. The van der Waals surface area contributed by atoms with Gasteiger partial charge in [-0.1, -0.05) is 128 Å². The lowest BCUT2D eigenvalue weighted by atomic mass is 10.00. The molecule has 0 aromatic heterocycles. The molecule has 286 valence electrons. The number of nitrogens with one attached hydrogen (secondary N) is 2. The van der Waals surface area contributed by atoms with Gasteiger partial charge >= 0.3 is 18.0 Å². The van der Waals surface area contributed by atoms with E-state index in [1.54, 1.807) is 0 Å². The fourth-order valence-electron chi connectivity index (χ4n) is 5.44. The van der Waals surface area contributed by atoms with Crippen LogP contribution in [0.2, 0.25) is 0 Å². The Balaban J connectivity index is 4.16. The first-order valence-electron chi connectivity index (χ1n) is 19.8. The lowest BCUT2D eigenvalue weighted by molar-refractivity contribution is -0.143. The molecule has 0 unspecified atom stereocenters. The summed E-state index contributed by atoms with van der Waals surface area (Å²) in [5, 5.41) is 6.14. The molecule has 0 radical (unpaired) electrons. The van der Waals surface area contributed by atoms with E-state index < -0.39 is 0 Å². The standard InChI is InChI=1S/C40H75N3O6/c1-5-7-9-11-13-21-27-33-47-38(44)31-25-19-15-17-23-29-37(42-40(46)49-36-41-35-43(3)4)30-24-18-16-20-26-32-39(45)48-34-28-22-14-12-10-8-6-2/h21-22,27-28,37,41H,5-20,23-26,29-36H2,1-4H3,(H,42,46)/b27-21-,28-22-. The molecule has 0 aliphatic rings. The Morgan fingerprint density at radius 3 is 1.49 bits per heavy atom. The molecule has 0 atom stereocenters. The molecule has 0 aliphatic carbocycles. The molecule has 2 N–H and O–H groups in total. The van der Waals surface area contributed by atoms with Gasteiger partial charge in [-0.2, -0.15) is 0 Å². The molecule has 0 aliphatic heterocycles. The number of rotatable bonds is 35. The maximum atomic E-state index is 12.4. The third-order valence-corrected chi connectivity index (χ3v) is 8.39. The second-order valence-electron chi connectivity index (χ2n) is 13.5. The van der Waals surface area contributed by atoms with E-state index in [0.29, 0.717) is 32.7 Å². The van der Waals surface area contributed by atoms with Gasteiger partial charge in [0.25, 0.3) is 0 Å². The summed E-state index contributed by atoms with van der Waals surface area (Å²) in [5.74, 6) is -0.232. The Kier molecular flexibility index (Phi) is 35.1. The van der Waals surface area contributed by atoms with Gasteiger partial charge in [0.05, 0.1) is 6.67 Å². The van der Waals surface area contributed by atoms with Crippen molar-refractivity contribution in [1.82, 2.24) is 15.5 Å². The van der Waals surface area contributed by atoms with E-state index in [0.717, 1.165) is 89.9 Å². The first-order valence-corrected chi connectivity index (χ1v) is 19.8. The topological polar surface area (TPSA) is 106 Å². The van der Waals surface area contributed by atoms with Crippen LogP contribution >= 0.6 is 0 Å².